The zero-order valence-corrected chi connectivity index (χ0v) is 12.6. The van der Waals surface area contributed by atoms with Crippen molar-refractivity contribution < 1.29 is 15.0 Å². The predicted molar refractivity (Wildman–Crippen MR) is 84.8 cm³/mol. The van der Waals surface area contributed by atoms with Gasteiger partial charge in [-0.2, -0.15) is 0 Å². The van der Waals surface area contributed by atoms with E-state index in [4.69, 9.17) is 0 Å². The number of nitrogens with zero attached hydrogens (tertiary/aromatic N) is 2. The fraction of sp³-hybridized carbons (Fsp3) is 0.412. The van der Waals surface area contributed by atoms with Crippen LogP contribution in [-0.2, 0) is 11.4 Å². The minimum atomic E-state index is -0.761. The lowest BCUT2D eigenvalue weighted by atomic mass is 9.90. The molecule has 2 aromatic rings. The number of aromatic nitrogens is 1. The summed E-state index contributed by atoms with van der Waals surface area (Å²) in [6.07, 6.45) is 0.688. The lowest BCUT2D eigenvalue weighted by Gasteiger charge is -2.36. The van der Waals surface area contributed by atoms with Crippen LogP contribution in [0, 0.1) is 11.8 Å². The first kappa shape index (κ1) is 14.8. The second-order valence-electron chi connectivity index (χ2n) is 6.10. The molecule has 5 nitrogen and oxygen atoms in total. The Morgan fingerprint density at radius 3 is 2.86 bits per heavy atom. The van der Waals surface area contributed by atoms with E-state index in [1.807, 2.05) is 35.2 Å². The third-order valence-corrected chi connectivity index (χ3v) is 4.26. The monoisotopic (exact) mass is 300 g/mol. The van der Waals surface area contributed by atoms with Crippen LogP contribution in [0.2, 0.25) is 0 Å². The first-order valence-corrected chi connectivity index (χ1v) is 7.55. The molecular formula is C17H20N2O3. The molecular weight excluding hydrogens is 280 g/mol. The number of aliphatic hydroxyl groups excluding tert-OH is 1. The van der Waals surface area contributed by atoms with Gasteiger partial charge in [-0.1, -0.05) is 25.1 Å². The summed E-state index contributed by atoms with van der Waals surface area (Å²) in [7, 11) is 0. The molecule has 0 spiro atoms. The topological polar surface area (TPSA) is 73.7 Å². The number of hydrogen-bond donors (Lipinski definition) is 2. The molecule has 0 saturated carbocycles. The lowest BCUT2D eigenvalue weighted by molar-refractivity contribution is -0.142. The number of anilines is 1. The van der Waals surface area contributed by atoms with Gasteiger partial charge in [-0.3, -0.25) is 4.79 Å². The molecule has 0 bridgehead atoms. The number of carbonyl (C=O) groups is 1. The Balaban J connectivity index is 2.02. The van der Waals surface area contributed by atoms with Gasteiger partial charge in [0.15, 0.2) is 0 Å². The second kappa shape index (κ2) is 5.93. The van der Waals surface area contributed by atoms with E-state index >= 15 is 0 Å². The molecule has 0 radical (unpaired) electrons. The van der Waals surface area contributed by atoms with Gasteiger partial charge in [0.25, 0.3) is 0 Å². The van der Waals surface area contributed by atoms with Crippen LogP contribution in [0.3, 0.4) is 0 Å². The summed E-state index contributed by atoms with van der Waals surface area (Å²) in [5.74, 6) is -0.153. The maximum atomic E-state index is 11.3. The number of carboxylic acids is 1. The number of benzene rings is 1. The van der Waals surface area contributed by atoms with Crippen molar-refractivity contribution >= 4 is 22.7 Å². The van der Waals surface area contributed by atoms with Crippen molar-refractivity contribution in [2.45, 2.75) is 20.0 Å². The average molecular weight is 300 g/mol. The molecule has 2 atom stereocenters. The summed E-state index contributed by atoms with van der Waals surface area (Å²) in [5.41, 5.74) is 1.61. The Morgan fingerprint density at radius 1 is 1.36 bits per heavy atom. The Hall–Kier alpha value is -2.14. The second-order valence-corrected chi connectivity index (χ2v) is 6.10. The summed E-state index contributed by atoms with van der Waals surface area (Å²) in [6.45, 7) is 3.16. The third kappa shape index (κ3) is 2.76. The van der Waals surface area contributed by atoms with Crippen molar-refractivity contribution in [1.82, 2.24) is 4.98 Å². The van der Waals surface area contributed by atoms with E-state index in [-0.39, 0.29) is 18.4 Å². The van der Waals surface area contributed by atoms with E-state index in [1.165, 1.54) is 0 Å². The highest BCUT2D eigenvalue weighted by Crippen LogP contribution is 2.30. The normalized spacial score (nSPS) is 22.0. The highest BCUT2D eigenvalue weighted by atomic mass is 16.4. The minimum absolute atomic E-state index is 0.101. The Kier molecular flexibility index (Phi) is 3.98. The lowest BCUT2D eigenvalue weighted by Crippen LogP contribution is -2.43. The van der Waals surface area contributed by atoms with E-state index in [0.29, 0.717) is 18.8 Å². The van der Waals surface area contributed by atoms with Gasteiger partial charge in [-0.15, -0.1) is 0 Å². The number of para-hydroxylation sites is 1. The third-order valence-electron chi connectivity index (χ3n) is 4.26. The van der Waals surface area contributed by atoms with E-state index in [0.717, 1.165) is 23.0 Å². The van der Waals surface area contributed by atoms with Crippen LogP contribution >= 0.6 is 0 Å². The first-order chi connectivity index (χ1) is 10.6. The predicted octanol–water partition coefficient (Wildman–Crippen LogP) is 2.27. The molecule has 1 aliphatic heterocycles. The fourth-order valence-corrected chi connectivity index (χ4v) is 3.24. The van der Waals surface area contributed by atoms with Gasteiger partial charge in [0.05, 0.1) is 18.0 Å². The van der Waals surface area contributed by atoms with E-state index in [1.54, 1.807) is 0 Å². The van der Waals surface area contributed by atoms with Crippen LogP contribution in [-0.4, -0.2) is 34.3 Å². The minimum Gasteiger partial charge on any atom is -0.481 e. The smallest absolute Gasteiger partial charge is 0.308 e. The number of pyridine rings is 1. The van der Waals surface area contributed by atoms with Crippen LogP contribution in [0.1, 0.15) is 18.9 Å². The molecule has 1 aliphatic rings. The number of rotatable bonds is 3. The molecule has 2 unspecified atom stereocenters. The zero-order chi connectivity index (χ0) is 15.7. The summed E-state index contributed by atoms with van der Waals surface area (Å²) in [4.78, 5) is 18.0. The van der Waals surface area contributed by atoms with Crippen LogP contribution < -0.4 is 4.90 Å². The molecule has 0 aliphatic carbocycles. The summed E-state index contributed by atoms with van der Waals surface area (Å²) in [6, 6.07) is 9.70. The standard InChI is InChI=1S/C17H20N2O3/c1-11-6-13(17(21)22)9-19(8-11)16-14(10-20)7-12-4-2-3-5-15(12)18-16/h2-5,7,11,13,20H,6,8-10H2,1H3,(H,21,22). The summed E-state index contributed by atoms with van der Waals surface area (Å²) in [5, 5.41) is 20.0. The molecule has 1 aromatic heterocycles. The van der Waals surface area contributed by atoms with Crippen LogP contribution in [0.25, 0.3) is 10.9 Å². The van der Waals surface area contributed by atoms with Crippen molar-refractivity contribution in [2.75, 3.05) is 18.0 Å². The number of piperidine rings is 1. The zero-order valence-electron chi connectivity index (χ0n) is 12.6. The fourth-order valence-electron chi connectivity index (χ4n) is 3.24. The average Bonchev–Trinajstić information content (AvgIpc) is 2.52. The van der Waals surface area contributed by atoms with Gasteiger partial charge >= 0.3 is 5.97 Å². The van der Waals surface area contributed by atoms with E-state index in [2.05, 4.69) is 11.9 Å². The van der Waals surface area contributed by atoms with Crippen LogP contribution in [0.5, 0.6) is 0 Å². The largest absolute Gasteiger partial charge is 0.481 e. The van der Waals surface area contributed by atoms with Gasteiger partial charge in [-0.05, 0) is 24.5 Å². The molecule has 5 heteroatoms. The number of hydrogen-bond acceptors (Lipinski definition) is 4. The van der Waals surface area contributed by atoms with Crippen LogP contribution in [0.4, 0.5) is 5.82 Å². The molecule has 2 N–H and O–H groups in total. The maximum Gasteiger partial charge on any atom is 0.308 e. The molecule has 0 amide bonds. The molecule has 3 rings (SSSR count). The number of carboxylic acid groups (broad SMARTS) is 1. The van der Waals surface area contributed by atoms with Gasteiger partial charge in [0.1, 0.15) is 5.82 Å². The van der Waals surface area contributed by atoms with Gasteiger partial charge < -0.3 is 15.1 Å². The van der Waals surface area contributed by atoms with Crippen molar-refractivity contribution in [3.63, 3.8) is 0 Å². The molecule has 1 aromatic carbocycles. The first-order valence-electron chi connectivity index (χ1n) is 7.55. The SMILES string of the molecule is CC1CC(C(=O)O)CN(c2nc3ccccc3cc2CO)C1. The van der Waals surface area contributed by atoms with Gasteiger partial charge in [0.2, 0.25) is 0 Å². The van der Waals surface area contributed by atoms with Crippen molar-refractivity contribution in [1.29, 1.82) is 0 Å². The molecule has 2 heterocycles. The maximum absolute atomic E-state index is 11.3. The van der Waals surface area contributed by atoms with Crippen molar-refractivity contribution in [3.05, 3.63) is 35.9 Å². The quantitative estimate of drug-likeness (QED) is 0.909. The van der Waals surface area contributed by atoms with Crippen molar-refractivity contribution in [3.8, 4) is 0 Å². The molecule has 1 fully saturated rings. The Morgan fingerprint density at radius 2 is 2.14 bits per heavy atom. The Bertz CT molecular complexity index is 701. The Labute approximate surface area is 129 Å². The summed E-state index contributed by atoms with van der Waals surface area (Å²) < 4.78 is 0. The molecule has 1 saturated heterocycles. The number of aliphatic carboxylic acids is 1. The van der Waals surface area contributed by atoms with Crippen LogP contribution in [0.15, 0.2) is 30.3 Å². The van der Waals surface area contributed by atoms with E-state index < -0.39 is 5.97 Å². The molecule has 22 heavy (non-hydrogen) atoms. The van der Waals surface area contributed by atoms with E-state index in [9.17, 15) is 15.0 Å². The van der Waals surface area contributed by atoms with Gasteiger partial charge in [-0.25, -0.2) is 4.98 Å². The number of fused-ring (bicyclic) bond motifs is 1. The highest BCUT2D eigenvalue weighted by molar-refractivity contribution is 5.82. The van der Waals surface area contributed by atoms with Gasteiger partial charge in [0, 0.05) is 24.0 Å². The highest BCUT2D eigenvalue weighted by Gasteiger charge is 2.31. The number of aliphatic hydroxyl groups is 1. The molecule has 116 valence electrons. The van der Waals surface area contributed by atoms with Crippen molar-refractivity contribution in [2.24, 2.45) is 11.8 Å². The summed E-state index contributed by atoms with van der Waals surface area (Å²) >= 11 is 0.